The van der Waals surface area contributed by atoms with E-state index in [1.807, 2.05) is 18.2 Å². The molecule has 0 aliphatic carbocycles. The summed E-state index contributed by atoms with van der Waals surface area (Å²) in [5.74, 6) is 1.12. The first-order valence-electron chi connectivity index (χ1n) is 8.02. The maximum absolute atomic E-state index is 12.9. The van der Waals surface area contributed by atoms with E-state index in [0.29, 0.717) is 18.1 Å². The van der Waals surface area contributed by atoms with Gasteiger partial charge in [0.25, 0.3) is 0 Å². The zero-order valence-corrected chi connectivity index (χ0v) is 16.0. The number of ether oxygens (including phenoxy) is 2. The second kappa shape index (κ2) is 10.2. The zero-order valence-electron chi connectivity index (χ0n) is 14.4. The van der Waals surface area contributed by atoms with Crippen LogP contribution in [-0.4, -0.2) is 7.11 Å². The lowest BCUT2D eigenvalue weighted by molar-refractivity contribution is 0.284. The Morgan fingerprint density at radius 2 is 1.73 bits per heavy atom. The van der Waals surface area contributed by atoms with Gasteiger partial charge in [0, 0.05) is 18.0 Å². The van der Waals surface area contributed by atoms with Gasteiger partial charge in [-0.25, -0.2) is 4.39 Å². The van der Waals surface area contributed by atoms with Gasteiger partial charge in [0.1, 0.15) is 12.4 Å². The van der Waals surface area contributed by atoms with E-state index in [0.717, 1.165) is 24.2 Å². The summed E-state index contributed by atoms with van der Waals surface area (Å²) in [7, 11) is 1.63. The van der Waals surface area contributed by atoms with Crippen LogP contribution in [0.4, 0.5) is 4.39 Å². The lowest BCUT2D eigenvalue weighted by Gasteiger charge is -2.13. The van der Waals surface area contributed by atoms with Gasteiger partial charge in [-0.15, -0.1) is 23.7 Å². The fourth-order valence-electron chi connectivity index (χ4n) is 2.43. The summed E-state index contributed by atoms with van der Waals surface area (Å²) < 4.78 is 24.2. The molecule has 0 saturated heterocycles. The lowest BCUT2D eigenvalue weighted by atomic mass is 10.2. The van der Waals surface area contributed by atoms with Gasteiger partial charge >= 0.3 is 0 Å². The topological polar surface area (TPSA) is 30.5 Å². The van der Waals surface area contributed by atoms with E-state index in [-0.39, 0.29) is 18.2 Å². The first kappa shape index (κ1) is 20.2. The summed E-state index contributed by atoms with van der Waals surface area (Å²) in [6.45, 7) is 1.97. The van der Waals surface area contributed by atoms with E-state index in [2.05, 4.69) is 22.8 Å². The predicted molar refractivity (Wildman–Crippen MR) is 106 cm³/mol. The molecule has 0 atom stereocenters. The number of halogens is 2. The van der Waals surface area contributed by atoms with Crippen molar-refractivity contribution in [2.24, 2.45) is 0 Å². The minimum atomic E-state index is -0.249. The fraction of sp³-hybridized carbons (Fsp3) is 0.200. The number of hydrogen-bond acceptors (Lipinski definition) is 4. The van der Waals surface area contributed by atoms with Crippen LogP contribution in [0.3, 0.4) is 0 Å². The monoisotopic (exact) mass is 393 g/mol. The molecule has 3 aromatic rings. The highest BCUT2D eigenvalue weighted by Crippen LogP contribution is 2.29. The predicted octanol–water partition coefficient (Wildman–Crippen LogP) is 5.19. The van der Waals surface area contributed by atoms with Crippen molar-refractivity contribution in [3.63, 3.8) is 0 Å². The second-order valence-corrected chi connectivity index (χ2v) is 6.62. The zero-order chi connectivity index (χ0) is 17.5. The Labute approximate surface area is 163 Å². The van der Waals surface area contributed by atoms with Crippen molar-refractivity contribution in [3.05, 3.63) is 81.8 Å². The molecule has 1 N–H and O–H groups in total. The largest absolute Gasteiger partial charge is 0.493 e. The van der Waals surface area contributed by atoms with Crippen LogP contribution >= 0.6 is 23.7 Å². The number of methoxy groups -OCH3 is 1. The highest BCUT2D eigenvalue weighted by Gasteiger charge is 2.07. The van der Waals surface area contributed by atoms with E-state index in [1.165, 1.54) is 17.0 Å². The van der Waals surface area contributed by atoms with Crippen molar-refractivity contribution in [1.29, 1.82) is 0 Å². The van der Waals surface area contributed by atoms with Crippen molar-refractivity contribution >= 4 is 23.7 Å². The smallest absolute Gasteiger partial charge is 0.161 e. The Hall–Kier alpha value is -2.08. The number of benzene rings is 2. The Balaban J connectivity index is 0.00000243. The normalized spacial score (nSPS) is 10.2. The summed E-state index contributed by atoms with van der Waals surface area (Å²) in [6.07, 6.45) is 0. The lowest BCUT2D eigenvalue weighted by Crippen LogP contribution is -2.11. The Morgan fingerprint density at radius 3 is 2.42 bits per heavy atom. The third kappa shape index (κ3) is 5.73. The first-order valence-corrected chi connectivity index (χ1v) is 8.90. The van der Waals surface area contributed by atoms with Crippen molar-refractivity contribution in [1.82, 2.24) is 5.32 Å². The minimum Gasteiger partial charge on any atom is -0.493 e. The SMILES string of the molecule is COc1cc(CNCc2cccs2)ccc1OCc1ccc(F)cc1.Cl. The average Bonchev–Trinajstić information content (AvgIpc) is 3.15. The summed E-state index contributed by atoms with van der Waals surface area (Å²) in [5.41, 5.74) is 2.03. The molecule has 0 fully saturated rings. The minimum absolute atomic E-state index is 0. The van der Waals surface area contributed by atoms with Crippen LogP contribution in [0.15, 0.2) is 60.0 Å². The standard InChI is InChI=1S/C20H20FNO2S.ClH/c1-23-20-11-16(12-22-13-18-3-2-10-25-18)6-9-19(20)24-14-15-4-7-17(21)8-5-15;/h2-11,22H,12-14H2,1H3;1H. The van der Waals surface area contributed by atoms with Gasteiger partial charge in [0.05, 0.1) is 7.11 Å². The van der Waals surface area contributed by atoms with Crippen LogP contribution in [0.25, 0.3) is 0 Å². The quantitative estimate of drug-likeness (QED) is 0.571. The molecule has 2 aromatic carbocycles. The first-order chi connectivity index (χ1) is 12.2. The molecule has 0 saturated carbocycles. The van der Waals surface area contributed by atoms with Crippen molar-refractivity contribution in [3.8, 4) is 11.5 Å². The van der Waals surface area contributed by atoms with Crippen LogP contribution in [0.1, 0.15) is 16.0 Å². The number of thiophene rings is 1. The van der Waals surface area contributed by atoms with Crippen molar-refractivity contribution < 1.29 is 13.9 Å². The summed E-state index contributed by atoms with van der Waals surface area (Å²) in [5, 5.41) is 5.49. The molecule has 26 heavy (non-hydrogen) atoms. The maximum Gasteiger partial charge on any atom is 0.161 e. The fourth-order valence-corrected chi connectivity index (χ4v) is 3.10. The highest BCUT2D eigenvalue weighted by atomic mass is 35.5. The van der Waals surface area contributed by atoms with Gasteiger partial charge < -0.3 is 14.8 Å². The van der Waals surface area contributed by atoms with Crippen LogP contribution < -0.4 is 14.8 Å². The molecular weight excluding hydrogens is 373 g/mol. The second-order valence-electron chi connectivity index (χ2n) is 5.58. The Morgan fingerprint density at radius 1 is 0.962 bits per heavy atom. The molecule has 3 rings (SSSR count). The van der Waals surface area contributed by atoms with E-state index < -0.39 is 0 Å². The van der Waals surface area contributed by atoms with Crippen LogP contribution in [0.5, 0.6) is 11.5 Å². The Bertz CT molecular complexity index is 794. The molecule has 0 amide bonds. The molecule has 6 heteroatoms. The van der Waals surface area contributed by atoms with E-state index in [9.17, 15) is 4.39 Å². The van der Waals surface area contributed by atoms with Gasteiger partial charge in [0.2, 0.25) is 0 Å². The molecule has 138 valence electrons. The number of rotatable bonds is 8. The molecule has 0 aliphatic heterocycles. The molecule has 0 spiro atoms. The summed E-state index contributed by atoms with van der Waals surface area (Å²) >= 11 is 1.74. The van der Waals surface area contributed by atoms with Crippen LogP contribution in [0.2, 0.25) is 0 Å². The summed E-state index contributed by atoms with van der Waals surface area (Å²) in [6, 6.07) is 16.4. The molecule has 0 bridgehead atoms. The van der Waals surface area contributed by atoms with E-state index in [4.69, 9.17) is 9.47 Å². The molecule has 1 heterocycles. The van der Waals surface area contributed by atoms with Gasteiger partial charge in [-0.2, -0.15) is 0 Å². The third-order valence-electron chi connectivity index (χ3n) is 3.74. The average molecular weight is 394 g/mol. The van der Waals surface area contributed by atoms with E-state index in [1.54, 1.807) is 30.6 Å². The maximum atomic E-state index is 12.9. The van der Waals surface area contributed by atoms with Gasteiger partial charge in [-0.1, -0.05) is 24.3 Å². The number of hydrogen-bond donors (Lipinski definition) is 1. The van der Waals surface area contributed by atoms with Crippen LogP contribution in [-0.2, 0) is 19.7 Å². The molecule has 0 unspecified atom stereocenters. The molecule has 0 aliphatic rings. The van der Waals surface area contributed by atoms with Crippen molar-refractivity contribution in [2.45, 2.75) is 19.7 Å². The van der Waals surface area contributed by atoms with Crippen molar-refractivity contribution in [2.75, 3.05) is 7.11 Å². The molecule has 3 nitrogen and oxygen atoms in total. The van der Waals surface area contributed by atoms with Gasteiger partial charge in [-0.3, -0.25) is 0 Å². The van der Waals surface area contributed by atoms with E-state index >= 15 is 0 Å². The number of nitrogens with one attached hydrogen (secondary N) is 1. The highest BCUT2D eigenvalue weighted by molar-refractivity contribution is 7.09. The van der Waals surface area contributed by atoms with Gasteiger partial charge in [-0.05, 0) is 46.8 Å². The molecule has 0 radical (unpaired) electrons. The van der Waals surface area contributed by atoms with Gasteiger partial charge in [0.15, 0.2) is 11.5 Å². The molecule has 1 aromatic heterocycles. The molecular formula is C20H21ClFNO2S. The Kier molecular flexibility index (Phi) is 7.91. The summed E-state index contributed by atoms with van der Waals surface area (Å²) in [4.78, 5) is 1.31. The van der Waals surface area contributed by atoms with Crippen LogP contribution in [0, 0.1) is 5.82 Å². The third-order valence-corrected chi connectivity index (χ3v) is 4.62.